The second-order valence-electron chi connectivity index (χ2n) is 3.29. The highest BCUT2D eigenvalue weighted by molar-refractivity contribution is 5.10. The van der Waals surface area contributed by atoms with Crippen molar-refractivity contribution < 1.29 is 0 Å². The third kappa shape index (κ3) is 1.84. The van der Waals surface area contributed by atoms with Gasteiger partial charge in [-0.05, 0) is 19.0 Å². The molecule has 1 saturated heterocycles. The van der Waals surface area contributed by atoms with Crippen LogP contribution in [0.5, 0.6) is 0 Å². The predicted molar refractivity (Wildman–Crippen MR) is 50.2 cm³/mol. The summed E-state index contributed by atoms with van der Waals surface area (Å²) in [5.41, 5.74) is 6.60. The van der Waals surface area contributed by atoms with Crippen LogP contribution in [0.3, 0.4) is 0 Å². The molecule has 2 rings (SSSR count). The molecule has 1 aliphatic heterocycles. The molecule has 4 heteroatoms. The Balaban J connectivity index is 2.18. The van der Waals surface area contributed by atoms with Crippen molar-refractivity contribution in [2.75, 3.05) is 13.1 Å². The maximum Gasteiger partial charge on any atom is 0.142 e. The summed E-state index contributed by atoms with van der Waals surface area (Å²) in [5.74, 6) is 1.29. The molecule has 1 aromatic heterocycles. The molecule has 0 amide bonds. The quantitative estimate of drug-likeness (QED) is 0.669. The van der Waals surface area contributed by atoms with E-state index in [4.69, 9.17) is 5.73 Å². The molecule has 3 N–H and O–H groups in total. The molecule has 1 atom stereocenters. The Morgan fingerprint density at radius 3 is 3.23 bits per heavy atom. The molecular formula is C9H14N4. The van der Waals surface area contributed by atoms with E-state index in [0.29, 0.717) is 12.5 Å². The first-order chi connectivity index (χ1) is 6.40. The molecular weight excluding hydrogens is 164 g/mol. The highest BCUT2D eigenvalue weighted by Gasteiger charge is 2.17. The van der Waals surface area contributed by atoms with Gasteiger partial charge in [0.25, 0.3) is 0 Å². The van der Waals surface area contributed by atoms with Crippen LogP contribution in [0, 0.1) is 0 Å². The summed E-state index contributed by atoms with van der Waals surface area (Å²) in [7, 11) is 0. The van der Waals surface area contributed by atoms with Gasteiger partial charge in [-0.2, -0.15) is 0 Å². The minimum absolute atomic E-state index is 0.425. The Bertz CT molecular complexity index is 281. The van der Waals surface area contributed by atoms with Crippen molar-refractivity contribution in [1.29, 1.82) is 0 Å². The summed E-state index contributed by atoms with van der Waals surface area (Å²) in [6.07, 6.45) is 2.96. The van der Waals surface area contributed by atoms with Crippen LogP contribution in [0.15, 0.2) is 12.3 Å². The molecule has 1 unspecified atom stereocenters. The van der Waals surface area contributed by atoms with Crippen LogP contribution in [0.25, 0.3) is 0 Å². The number of hydrogen-bond acceptors (Lipinski definition) is 4. The van der Waals surface area contributed by atoms with Gasteiger partial charge in [0.05, 0.1) is 6.54 Å². The minimum Gasteiger partial charge on any atom is -0.324 e. The van der Waals surface area contributed by atoms with Crippen molar-refractivity contribution in [3.63, 3.8) is 0 Å². The molecule has 13 heavy (non-hydrogen) atoms. The van der Waals surface area contributed by atoms with Crippen LogP contribution in [0.4, 0.5) is 0 Å². The molecule has 4 nitrogen and oxygen atoms in total. The fourth-order valence-corrected chi connectivity index (χ4v) is 1.65. The third-order valence-electron chi connectivity index (χ3n) is 2.39. The lowest BCUT2D eigenvalue weighted by molar-refractivity contribution is 0.716. The molecule has 0 bridgehead atoms. The Labute approximate surface area is 77.6 Å². The number of nitrogens with zero attached hydrogens (tertiary/aromatic N) is 2. The molecule has 1 fully saturated rings. The average Bonchev–Trinajstić information content (AvgIpc) is 2.71. The number of aromatic nitrogens is 2. The Morgan fingerprint density at radius 1 is 1.62 bits per heavy atom. The average molecular weight is 178 g/mol. The van der Waals surface area contributed by atoms with E-state index < -0.39 is 0 Å². The minimum atomic E-state index is 0.425. The second-order valence-corrected chi connectivity index (χ2v) is 3.29. The fraction of sp³-hybridized carbons (Fsp3) is 0.556. The smallest absolute Gasteiger partial charge is 0.142 e. The summed E-state index contributed by atoms with van der Waals surface area (Å²) in [6.45, 7) is 2.54. The number of rotatable bonds is 2. The van der Waals surface area contributed by atoms with Crippen molar-refractivity contribution in [1.82, 2.24) is 15.3 Å². The summed E-state index contributed by atoms with van der Waals surface area (Å²) < 4.78 is 0. The largest absolute Gasteiger partial charge is 0.324 e. The van der Waals surface area contributed by atoms with Crippen molar-refractivity contribution in [3.05, 3.63) is 23.8 Å². The van der Waals surface area contributed by atoms with E-state index >= 15 is 0 Å². The monoisotopic (exact) mass is 178 g/mol. The van der Waals surface area contributed by atoms with Crippen LogP contribution in [0.2, 0.25) is 0 Å². The molecule has 0 saturated carbocycles. The first-order valence-corrected chi connectivity index (χ1v) is 4.63. The standard InChI is InChI=1S/C9H14N4/c10-5-9-12-4-2-8(13-9)7-1-3-11-6-7/h2,4,7,11H,1,3,5-6,10H2. The van der Waals surface area contributed by atoms with Gasteiger partial charge in [-0.1, -0.05) is 0 Å². The van der Waals surface area contributed by atoms with Gasteiger partial charge in [0, 0.05) is 24.4 Å². The molecule has 0 aliphatic carbocycles. The summed E-state index contributed by atoms with van der Waals surface area (Å²) in [5, 5.41) is 3.32. The van der Waals surface area contributed by atoms with Gasteiger partial charge in [-0.15, -0.1) is 0 Å². The van der Waals surface area contributed by atoms with Crippen LogP contribution >= 0.6 is 0 Å². The van der Waals surface area contributed by atoms with Gasteiger partial charge in [0.2, 0.25) is 0 Å². The van der Waals surface area contributed by atoms with Gasteiger partial charge in [-0.3, -0.25) is 0 Å². The summed E-state index contributed by atoms with van der Waals surface area (Å²) in [4.78, 5) is 8.47. The lowest BCUT2D eigenvalue weighted by Gasteiger charge is -2.07. The number of nitrogens with one attached hydrogen (secondary N) is 1. The first kappa shape index (κ1) is 8.59. The lowest BCUT2D eigenvalue weighted by atomic mass is 10.1. The Morgan fingerprint density at radius 2 is 2.54 bits per heavy atom. The van der Waals surface area contributed by atoms with Gasteiger partial charge >= 0.3 is 0 Å². The van der Waals surface area contributed by atoms with Crippen molar-refractivity contribution in [2.24, 2.45) is 5.73 Å². The van der Waals surface area contributed by atoms with Crippen LogP contribution in [-0.2, 0) is 6.54 Å². The SMILES string of the molecule is NCc1nccc(C2CCNC2)n1. The van der Waals surface area contributed by atoms with Crippen molar-refractivity contribution in [3.8, 4) is 0 Å². The fourth-order valence-electron chi connectivity index (χ4n) is 1.65. The van der Waals surface area contributed by atoms with Gasteiger partial charge in [0.15, 0.2) is 0 Å². The molecule has 0 spiro atoms. The third-order valence-corrected chi connectivity index (χ3v) is 2.39. The van der Waals surface area contributed by atoms with E-state index in [9.17, 15) is 0 Å². The van der Waals surface area contributed by atoms with Crippen LogP contribution < -0.4 is 11.1 Å². The highest BCUT2D eigenvalue weighted by atomic mass is 14.9. The van der Waals surface area contributed by atoms with Gasteiger partial charge in [-0.25, -0.2) is 9.97 Å². The zero-order valence-electron chi connectivity index (χ0n) is 7.53. The lowest BCUT2D eigenvalue weighted by Crippen LogP contribution is -2.11. The summed E-state index contributed by atoms with van der Waals surface area (Å²) >= 11 is 0. The molecule has 1 aliphatic rings. The maximum absolute atomic E-state index is 5.48. The zero-order valence-corrected chi connectivity index (χ0v) is 7.53. The van der Waals surface area contributed by atoms with Gasteiger partial charge in [0.1, 0.15) is 5.82 Å². The van der Waals surface area contributed by atoms with Crippen LogP contribution in [0.1, 0.15) is 23.9 Å². The highest BCUT2D eigenvalue weighted by Crippen LogP contribution is 2.19. The van der Waals surface area contributed by atoms with E-state index in [1.807, 2.05) is 6.07 Å². The van der Waals surface area contributed by atoms with Crippen molar-refractivity contribution in [2.45, 2.75) is 18.9 Å². The zero-order chi connectivity index (χ0) is 9.10. The molecule has 1 aromatic rings. The summed E-state index contributed by atoms with van der Waals surface area (Å²) in [6, 6.07) is 1.98. The van der Waals surface area contributed by atoms with E-state index in [2.05, 4.69) is 15.3 Å². The van der Waals surface area contributed by atoms with Crippen molar-refractivity contribution >= 4 is 0 Å². The predicted octanol–water partition coefficient (Wildman–Crippen LogP) is 0.0122. The van der Waals surface area contributed by atoms with E-state index in [1.165, 1.54) is 6.42 Å². The molecule has 0 aromatic carbocycles. The molecule has 70 valence electrons. The first-order valence-electron chi connectivity index (χ1n) is 4.63. The number of nitrogens with two attached hydrogens (primary N) is 1. The normalized spacial score (nSPS) is 22.1. The van der Waals surface area contributed by atoms with E-state index in [-0.39, 0.29) is 0 Å². The Kier molecular flexibility index (Phi) is 2.52. The topological polar surface area (TPSA) is 63.8 Å². The molecule has 0 radical (unpaired) electrons. The Hall–Kier alpha value is -1.00. The van der Waals surface area contributed by atoms with E-state index in [1.54, 1.807) is 6.20 Å². The maximum atomic E-state index is 5.48. The van der Waals surface area contributed by atoms with Gasteiger partial charge < -0.3 is 11.1 Å². The number of hydrogen-bond donors (Lipinski definition) is 2. The van der Waals surface area contributed by atoms with Crippen LogP contribution in [-0.4, -0.2) is 23.1 Å². The van der Waals surface area contributed by atoms with E-state index in [0.717, 1.165) is 24.6 Å². The second kappa shape index (κ2) is 3.81. The molecule has 2 heterocycles.